The summed E-state index contributed by atoms with van der Waals surface area (Å²) in [5.74, 6) is 0.731. The van der Waals surface area contributed by atoms with E-state index in [9.17, 15) is 9.90 Å². The number of carbonyl (C=O) groups is 1. The summed E-state index contributed by atoms with van der Waals surface area (Å²) < 4.78 is 0. The van der Waals surface area contributed by atoms with Gasteiger partial charge in [0.1, 0.15) is 6.29 Å². The number of carbonyl (C=O) groups excluding carboxylic acids is 1. The molecular weight excluding hydrogens is 220 g/mol. The molecule has 16 heavy (non-hydrogen) atoms. The maximum Gasteiger partial charge on any atom is 0.150 e. The lowest BCUT2D eigenvalue weighted by Crippen LogP contribution is -2.26. The van der Waals surface area contributed by atoms with Gasteiger partial charge in [-0.2, -0.15) is 0 Å². The van der Waals surface area contributed by atoms with E-state index in [-0.39, 0.29) is 0 Å². The van der Waals surface area contributed by atoms with Crippen LogP contribution in [0.4, 0.5) is 0 Å². The van der Waals surface area contributed by atoms with Gasteiger partial charge in [-0.3, -0.25) is 4.79 Å². The van der Waals surface area contributed by atoms with Gasteiger partial charge in [0, 0.05) is 16.2 Å². The van der Waals surface area contributed by atoms with Gasteiger partial charge < -0.3 is 5.11 Å². The lowest BCUT2D eigenvalue weighted by atomic mass is 10.1. The Labute approximate surface area is 100 Å². The second-order valence-corrected chi connectivity index (χ2v) is 5.46. The van der Waals surface area contributed by atoms with Gasteiger partial charge in [-0.05, 0) is 25.0 Å². The molecule has 0 spiro atoms. The largest absolute Gasteiger partial charge is 0.389 e. The second-order valence-electron chi connectivity index (χ2n) is 4.41. The normalized spacial score (nSPS) is 18.6. The van der Waals surface area contributed by atoms with E-state index in [1.165, 1.54) is 0 Å². The van der Waals surface area contributed by atoms with E-state index in [2.05, 4.69) is 0 Å². The molecule has 2 nitrogen and oxygen atoms in total. The molecule has 0 radical (unpaired) electrons. The molecule has 1 fully saturated rings. The predicted molar refractivity (Wildman–Crippen MR) is 66.0 cm³/mol. The van der Waals surface area contributed by atoms with Crippen molar-refractivity contribution in [2.45, 2.75) is 36.2 Å². The van der Waals surface area contributed by atoms with Crippen molar-refractivity contribution in [2.75, 3.05) is 5.75 Å². The third kappa shape index (κ3) is 2.86. The van der Waals surface area contributed by atoms with E-state index in [0.717, 1.165) is 42.6 Å². The van der Waals surface area contributed by atoms with Crippen molar-refractivity contribution in [3.8, 4) is 0 Å². The Kier molecular flexibility index (Phi) is 3.66. The Morgan fingerprint density at radius 1 is 1.38 bits per heavy atom. The molecule has 0 atom stereocenters. The van der Waals surface area contributed by atoms with E-state index in [4.69, 9.17) is 0 Å². The highest BCUT2D eigenvalue weighted by Gasteiger charge is 2.30. The molecule has 3 heteroatoms. The fourth-order valence-corrected chi connectivity index (χ4v) is 3.19. The molecule has 0 aliphatic heterocycles. The maximum atomic E-state index is 10.6. The summed E-state index contributed by atoms with van der Waals surface area (Å²) >= 11 is 1.64. The molecule has 0 unspecified atom stereocenters. The van der Waals surface area contributed by atoms with Gasteiger partial charge in [0.05, 0.1) is 5.60 Å². The highest BCUT2D eigenvalue weighted by Crippen LogP contribution is 2.34. The number of hydrogen-bond donors (Lipinski definition) is 1. The number of hydrogen-bond acceptors (Lipinski definition) is 3. The van der Waals surface area contributed by atoms with Crippen LogP contribution in [0.5, 0.6) is 0 Å². The molecule has 0 saturated heterocycles. The van der Waals surface area contributed by atoms with E-state index in [0.29, 0.717) is 5.56 Å². The van der Waals surface area contributed by atoms with Crippen molar-refractivity contribution in [3.63, 3.8) is 0 Å². The van der Waals surface area contributed by atoms with Crippen LogP contribution in [0.2, 0.25) is 0 Å². The monoisotopic (exact) mass is 236 g/mol. The lowest BCUT2D eigenvalue weighted by molar-refractivity contribution is 0.0732. The summed E-state index contributed by atoms with van der Waals surface area (Å²) in [6.07, 6.45) is 4.94. The molecule has 0 amide bonds. The molecular formula is C13H16O2S. The van der Waals surface area contributed by atoms with Crippen LogP contribution in [0.15, 0.2) is 29.2 Å². The Bertz CT molecular complexity index is 370. The molecule has 1 aliphatic carbocycles. The molecule has 2 rings (SSSR count). The van der Waals surface area contributed by atoms with Crippen molar-refractivity contribution in [3.05, 3.63) is 29.8 Å². The SMILES string of the molecule is O=Cc1cccc(SCC2(O)CCCC2)c1. The second kappa shape index (κ2) is 5.02. The summed E-state index contributed by atoms with van der Waals surface area (Å²) in [5, 5.41) is 10.2. The van der Waals surface area contributed by atoms with Crippen molar-refractivity contribution in [1.82, 2.24) is 0 Å². The van der Waals surface area contributed by atoms with Gasteiger partial charge in [0.2, 0.25) is 0 Å². The quantitative estimate of drug-likeness (QED) is 0.645. The number of rotatable bonds is 4. The lowest BCUT2D eigenvalue weighted by Gasteiger charge is -2.21. The predicted octanol–water partition coefficient (Wildman–Crippen LogP) is 2.90. The van der Waals surface area contributed by atoms with Gasteiger partial charge in [-0.1, -0.05) is 25.0 Å². The molecule has 0 aromatic heterocycles. The van der Waals surface area contributed by atoms with E-state index >= 15 is 0 Å². The van der Waals surface area contributed by atoms with Crippen LogP contribution in [0, 0.1) is 0 Å². The molecule has 1 aliphatic rings. The molecule has 1 saturated carbocycles. The third-order valence-electron chi connectivity index (χ3n) is 3.04. The molecule has 86 valence electrons. The third-order valence-corrected chi connectivity index (χ3v) is 4.30. The molecule has 1 aromatic carbocycles. The number of aliphatic hydroxyl groups is 1. The Morgan fingerprint density at radius 3 is 2.81 bits per heavy atom. The first kappa shape index (κ1) is 11.7. The van der Waals surface area contributed by atoms with Crippen LogP contribution in [-0.4, -0.2) is 22.7 Å². The minimum atomic E-state index is -0.484. The first-order valence-electron chi connectivity index (χ1n) is 5.62. The highest BCUT2D eigenvalue weighted by molar-refractivity contribution is 7.99. The van der Waals surface area contributed by atoms with Crippen molar-refractivity contribution < 1.29 is 9.90 Å². The van der Waals surface area contributed by atoms with E-state index in [1.807, 2.05) is 18.2 Å². The van der Waals surface area contributed by atoms with E-state index in [1.54, 1.807) is 17.8 Å². The van der Waals surface area contributed by atoms with Crippen LogP contribution in [0.25, 0.3) is 0 Å². The Balaban J connectivity index is 1.96. The fraction of sp³-hybridized carbons (Fsp3) is 0.462. The zero-order valence-corrected chi connectivity index (χ0v) is 10.0. The Hall–Kier alpha value is -0.800. The smallest absolute Gasteiger partial charge is 0.150 e. The first-order chi connectivity index (χ1) is 7.72. The zero-order valence-electron chi connectivity index (χ0n) is 9.19. The molecule has 0 heterocycles. The van der Waals surface area contributed by atoms with E-state index < -0.39 is 5.60 Å². The summed E-state index contributed by atoms with van der Waals surface area (Å²) in [7, 11) is 0. The first-order valence-corrected chi connectivity index (χ1v) is 6.61. The topological polar surface area (TPSA) is 37.3 Å². The van der Waals surface area contributed by atoms with Gasteiger partial charge in [0.25, 0.3) is 0 Å². The van der Waals surface area contributed by atoms with Crippen LogP contribution in [0.1, 0.15) is 36.0 Å². The molecule has 1 aromatic rings. The minimum absolute atomic E-state index is 0.484. The van der Waals surface area contributed by atoms with Crippen molar-refractivity contribution >= 4 is 18.0 Å². The van der Waals surface area contributed by atoms with Crippen molar-refractivity contribution in [1.29, 1.82) is 0 Å². The minimum Gasteiger partial charge on any atom is -0.389 e. The molecule has 0 bridgehead atoms. The fourth-order valence-electron chi connectivity index (χ4n) is 2.07. The zero-order chi connectivity index (χ0) is 11.4. The molecule has 1 N–H and O–H groups in total. The van der Waals surface area contributed by atoms with Gasteiger partial charge in [-0.25, -0.2) is 0 Å². The van der Waals surface area contributed by atoms with Crippen LogP contribution in [0.3, 0.4) is 0 Å². The van der Waals surface area contributed by atoms with Gasteiger partial charge >= 0.3 is 0 Å². The highest BCUT2D eigenvalue weighted by atomic mass is 32.2. The van der Waals surface area contributed by atoms with Crippen LogP contribution >= 0.6 is 11.8 Å². The number of benzene rings is 1. The van der Waals surface area contributed by atoms with Crippen LogP contribution in [-0.2, 0) is 0 Å². The van der Waals surface area contributed by atoms with Gasteiger partial charge in [0.15, 0.2) is 0 Å². The summed E-state index contributed by atoms with van der Waals surface area (Å²) in [6.45, 7) is 0. The van der Waals surface area contributed by atoms with Crippen molar-refractivity contribution in [2.24, 2.45) is 0 Å². The van der Waals surface area contributed by atoms with Gasteiger partial charge in [-0.15, -0.1) is 11.8 Å². The van der Waals surface area contributed by atoms with Crippen LogP contribution < -0.4 is 0 Å². The Morgan fingerprint density at radius 2 is 2.12 bits per heavy atom. The average Bonchev–Trinajstić information content (AvgIpc) is 2.75. The summed E-state index contributed by atoms with van der Waals surface area (Å²) in [6, 6.07) is 7.53. The number of aldehydes is 1. The average molecular weight is 236 g/mol. The summed E-state index contributed by atoms with van der Waals surface area (Å²) in [4.78, 5) is 11.7. The maximum absolute atomic E-state index is 10.6. The standard InChI is InChI=1S/C13H16O2S/c14-9-11-4-3-5-12(8-11)16-10-13(15)6-1-2-7-13/h3-5,8-9,15H,1-2,6-7,10H2. The number of thioether (sulfide) groups is 1. The summed E-state index contributed by atoms with van der Waals surface area (Å²) in [5.41, 5.74) is 0.213.